The fraction of sp³-hybridized carbons (Fsp3) is 0.105. The fourth-order valence-electron chi connectivity index (χ4n) is 2.60. The molecule has 6 heteroatoms. The zero-order valence-electron chi connectivity index (χ0n) is 13.2. The zero-order chi connectivity index (χ0) is 18.1. The van der Waals surface area contributed by atoms with Crippen LogP contribution in [-0.2, 0) is 4.79 Å². The molecule has 2 aromatic carbocycles. The van der Waals surface area contributed by atoms with Crippen molar-refractivity contribution in [1.29, 1.82) is 0 Å². The standard InChI is InChI=1S/C19H14BrNO4/c1-10(18(22)23)12-4-7-16-14(8-12)15(19(24)25)9-17(21-16)11-2-5-13(20)6-3-11/h2-10H,1H3,(H,22,23)(H,24,25). The van der Waals surface area contributed by atoms with E-state index >= 15 is 0 Å². The monoisotopic (exact) mass is 399 g/mol. The number of aliphatic carboxylic acids is 1. The molecule has 0 aliphatic rings. The molecule has 25 heavy (non-hydrogen) atoms. The van der Waals surface area contributed by atoms with Gasteiger partial charge in [-0.1, -0.05) is 34.1 Å². The second-order valence-corrected chi connectivity index (χ2v) is 6.62. The number of benzene rings is 2. The molecule has 1 atom stereocenters. The summed E-state index contributed by atoms with van der Waals surface area (Å²) in [4.78, 5) is 27.4. The van der Waals surface area contributed by atoms with Crippen LogP contribution in [0.2, 0.25) is 0 Å². The van der Waals surface area contributed by atoms with Gasteiger partial charge in [0.05, 0.1) is 22.7 Å². The van der Waals surface area contributed by atoms with Crippen molar-refractivity contribution in [3.05, 3.63) is 64.1 Å². The highest BCUT2D eigenvalue weighted by molar-refractivity contribution is 9.10. The van der Waals surface area contributed by atoms with E-state index < -0.39 is 17.9 Å². The van der Waals surface area contributed by atoms with Crippen LogP contribution < -0.4 is 0 Å². The van der Waals surface area contributed by atoms with Gasteiger partial charge in [-0.25, -0.2) is 9.78 Å². The van der Waals surface area contributed by atoms with E-state index in [1.165, 1.54) is 6.07 Å². The minimum absolute atomic E-state index is 0.0994. The molecule has 0 spiro atoms. The second-order valence-electron chi connectivity index (χ2n) is 5.70. The molecular formula is C19H14BrNO4. The van der Waals surface area contributed by atoms with Gasteiger partial charge in [0.1, 0.15) is 0 Å². The van der Waals surface area contributed by atoms with Crippen LogP contribution >= 0.6 is 15.9 Å². The van der Waals surface area contributed by atoms with Gasteiger partial charge in [0.15, 0.2) is 0 Å². The summed E-state index contributed by atoms with van der Waals surface area (Å²) in [5.74, 6) is -2.77. The summed E-state index contributed by atoms with van der Waals surface area (Å²) in [5, 5.41) is 19.2. The average molecular weight is 400 g/mol. The number of hydrogen-bond donors (Lipinski definition) is 2. The molecule has 0 fully saturated rings. The molecule has 0 radical (unpaired) electrons. The summed E-state index contributed by atoms with van der Waals surface area (Å²) < 4.78 is 0.919. The van der Waals surface area contributed by atoms with Crippen LogP contribution in [-0.4, -0.2) is 27.1 Å². The summed E-state index contributed by atoms with van der Waals surface area (Å²) in [6, 6.07) is 13.9. The lowest BCUT2D eigenvalue weighted by atomic mass is 9.96. The van der Waals surface area contributed by atoms with E-state index in [2.05, 4.69) is 20.9 Å². The number of aromatic carboxylic acids is 1. The van der Waals surface area contributed by atoms with Crippen molar-refractivity contribution in [3.63, 3.8) is 0 Å². The SMILES string of the molecule is CC(C(=O)O)c1ccc2nc(-c3ccc(Br)cc3)cc(C(=O)O)c2c1. The van der Waals surface area contributed by atoms with Crippen LogP contribution in [0, 0.1) is 0 Å². The molecule has 0 saturated heterocycles. The van der Waals surface area contributed by atoms with Crippen molar-refractivity contribution >= 4 is 38.8 Å². The Hall–Kier alpha value is -2.73. The van der Waals surface area contributed by atoms with Crippen LogP contribution in [0.15, 0.2) is 53.0 Å². The van der Waals surface area contributed by atoms with E-state index in [1.54, 1.807) is 25.1 Å². The molecule has 3 rings (SSSR count). The smallest absolute Gasteiger partial charge is 0.336 e. The Labute approximate surface area is 152 Å². The third-order valence-corrected chi connectivity index (χ3v) is 4.60. The van der Waals surface area contributed by atoms with Crippen LogP contribution in [0.1, 0.15) is 28.8 Å². The van der Waals surface area contributed by atoms with E-state index in [4.69, 9.17) is 5.11 Å². The Morgan fingerprint density at radius 2 is 1.72 bits per heavy atom. The van der Waals surface area contributed by atoms with E-state index in [0.717, 1.165) is 10.0 Å². The lowest BCUT2D eigenvalue weighted by molar-refractivity contribution is -0.138. The maximum absolute atomic E-state index is 11.7. The quantitative estimate of drug-likeness (QED) is 0.671. The zero-order valence-corrected chi connectivity index (χ0v) is 14.8. The molecule has 3 aromatic rings. The number of rotatable bonds is 4. The first kappa shape index (κ1) is 17.1. The number of nitrogens with zero attached hydrogens (tertiary/aromatic N) is 1. The van der Waals surface area contributed by atoms with Crippen LogP contribution in [0.25, 0.3) is 22.2 Å². The highest BCUT2D eigenvalue weighted by Gasteiger charge is 2.18. The van der Waals surface area contributed by atoms with Crippen molar-refractivity contribution in [2.24, 2.45) is 0 Å². The summed E-state index contributed by atoms with van der Waals surface area (Å²) >= 11 is 3.37. The predicted octanol–water partition coefficient (Wildman–Crippen LogP) is 4.55. The molecule has 126 valence electrons. The van der Waals surface area contributed by atoms with Gasteiger partial charge in [0.25, 0.3) is 0 Å². The number of hydrogen-bond acceptors (Lipinski definition) is 3. The largest absolute Gasteiger partial charge is 0.481 e. The number of carbonyl (C=O) groups is 2. The summed E-state index contributed by atoms with van der Waals surface area (Å²) in [6.45, 7) is 1.56. The molecule has 0 amide bonds. The van der Waals surface area contributed by atoms with Crippen molar-refractivity contribution in [1.82, 2.24) is 4.98 Å². The molecule has 1 heterocycles. The first-order valence-corrected chi connectivity index (χ1v) is 8.33. The lowest BCUT2D eigenvalue weighted by Gasteiger charge is -2.11. The number of halogens is 1. The minimum Gasteiger partial charge on any atom is -0.481 e. The molecule has 0 saturated carbocycles. The number of carboxylic acid groups (broad SMARTS) is 2. The third-order valence-electron chi connectivity index (χ3n) is 4.07. The van der Waals surface area contributed by atoms with Crippen LogP contribution in [0.3, 0.4) is 0 Å². The van der Waals surface area contributed by atoms with Crippen molar-refractivity contribution in [3.8, 4) is 11.3 Å². The molecule has 0 aliphatic carbocycles. The normalized spacial score (nSPS) is 12.1. The van der Waals surface area contributed by atoms with Gasteiger partial charge in [-0.05, 0) is 42.8 Å². The first-order valence-electron chi connectivity index (χ1n) is 7.53. The molecule has 1 unspecified atom stereocenters. The van der Waals surface area contributed by atoms with Crippen molar-refractivity contribution in [2.75, 3.05) is 0 Å². The Morgan fingerprint density at radius 3 is 2.32 bits per heavy atom. The average Bonchev–Trinajstić information content (AvgIpc) is 2.60. The summed E-state index contributed by atoms with van der Waals surface area (Å²) in [6.07, 6.45) is 0. The number of carboxylic acids is 2. The number of aromatic nitrogens is 1. The van der Waals surface area contributed by atoms with E-state index in [-0.39, 0.29) is 5.56 Å². The summed E-state index contributed by atoms with van der Waals surface area (Å²) in [5.41, 5.74) is 2.51. The van der Waals surface area contributed by atoms with Gasteiger partial charge in [0.2, 0.25) is 0 Å². The highest BCUT2D eigenvalue weighted by atomic mass is 79.9. The van der Waals surface area contributed by atoms with Gasteiger partial charge >= 0.3 is 11.9 Å². The van der Waals surface area contributed by atoms with Gasteiger partial charge < -0.3 is 10.2 Å². The van der Waals surface area contributed by atoms with Crippen LogP contribution in [0.5, 0.6) is 0 Å². The molecule has 2 N–H and O–H groups in total. The van der Waals surface area contributed by atoms with Crippen molar-refractivity contribution in [2.45, 2.75) is 12.8 Å². The van der Waals surface area contributed by atoms with E-state index in [9.17, 15) is 14.7 Å². The summed E-state index contributed by atoms with van der Waals surface area (Å²) in [7, 11) is 0. The van der Waals surface area contributed by atoms with Crippen LogP contribution in [0.4, 0.5) is 0 Å². The Morgan fingerprint density at radius 1 is 1.04 bits per heavy atom. The highest BCUT2D eigenvalue weighted by Crippen LogP contribution is 2.28. The first-order chi connectivity index (χ1) is 11.9. The Bertz CT molecular complexity index is 983. The van der Waals surface area contributed by atoms with Gasteiger partial charge in [-0.2, -0.15) is 0 Å². The van der Waals surface area contributed by atoms with E-state index in [1.807, 2.05) is 24.3 Å². The van der Waals surface area contributed by atoms with Gasteiger partial charge in [-0.15, -0.1) is 0 Å². The fourth-order valence-corrected chi connectivity index (χ4v) is 2.87. The Balaban J connectivity index is 2.21. The Kier molecular flexibility index (Phi) is 4.55. The maximum Gasteiger partial charge on any atom is 0.336 e. The minimum atomic E-state index is -1.08. The molecule has 0 bridgehead atoms. The molecular weight excluding hydrogens is 386 g/mol. The third kappa shape index (κ3) is 3.39. The van der Waals surface area contributed by atoms with Gasteiger partial charge in [-0.3, -0.25) is 4.79 Å². The van der Waals surface area contributed by atoms with Crippen molar-refractivity contribution < 1.29 is 19.8 Å². The molecule has 5 nitrogen and oxygen atoms in total. The number of pyridine rings is 1. The molecule has 0 aliphatic heterocycles. The molecule has 1 aromatic heterocycles. The lowest BCUT2D eigenvalue weighted by Crippen LogP contribution is -2.08. The van der Waals surface area contributed by atoms with Gasteiger partial charge in [0, 0.05) is 15.4 Å². The maximum atomic E-state index is 11.7. The predicted molar refractivity (Wildman–Crippen MR) is 97.9 cm³/mol. The topological polar surface area (TPSA) is 87.5 Å². The van der Waals surface area contributed by atoms with E-state index in [0.29, 0.717) is 22.2 Å². The number of fused-ring (bicyclic) bond motifs is 1. The second kappa shape index (κ2) is 6.64.